The van der Waals surface area contributed by atoms with Crippen molar-refractivity contribution in [2.24, 2.45) is 23.3 Å². The number of piperidine rings is 2. The number of halogens is 2. The molecular weight excluding hydrogens is 1120 g/mol. The van der Waals surface area contributed by atoms with E-state index in [1.807, 2.05) is 49.6 Å². The Bertz CT molecular complexity index is 3310. The molecule has 0 unspecified atom stereocenters. The second-order valence-corrected chi connectivity index (χ2v) is 27.6. The quantitative estimate of drug-likeness (QED) is 0.0666. The fourth-order valence-electron chi connectivity index (χ4n) is 14.9. The van der Waals surface area contributed by atoms with Crippen LogP contribution in [0.4, 0.5) is 20.2 Å². The molecule has 0 bridgehead atoms. The van der Waals surface area contributed by atoms with Gasteiger partial charge in [0.2, 0.25) is 23.6 Å². The number of carbonyl (C=O) groups excluding carboxylic acids is 4. The number of likely N-dealkylation sites (tertiary alicyclic amines) is 2. The molecule has 4 saturated heterocycles. The summed E-state index contributed by atoms with van der Waals surface area (Å²) >= 11 is 0. The second kappa shape index (κ2) is 25.9. The van der Waals surface area contributed by atoms with Gasteiger partial charge in [0.1, 0.15) is 11.6 Å². The van der Waals surface area contributed by atoms with Crippen LogP contribution >= 0.6 is 0 Å². The minimum Gasteiger partial charge on any atom is -0.366 e. The maximum absolute atomic E-state index is 14.5. The number of benzene rings is 3. The Balaban J connectivity index is 0.706. The van der Waals surface area contributed by atoms with Crippen LogP contribution in [0.3, 0.4) is 0 Å². The van der Waals surface area contributed by atoms with Crippen LogP contribution in [-0.4, -0.2) is 169 Å². The minimum atomic E-state index is -0.523. The smallest absolute Gasteiger partial charge is 0.251 e. The molecule has 5 aromatic rings. The van der Waals surface area contributed by atoms with Crippen LogP contribution in [0.15, 0.2) is 82.4 Å². The van der Waals surface area contributed by atoms with Gasteiger partial charge in [0.05, 0.1) is 24.5 Å². The molecule has 470 valence electrons. The van der Waals surface area contributed by atoms with Crippen LogP contribution in [-0.2, 0) is 46.1 Å². The molecular formula is C68H88F2N12O6. The number of carbonyl (C=O) groups is 4. The van der Waals surface area contributed by atoms with E-state index in [0.29, 0.717) is 74.1 Å². The number of anilines is 2. The molecule has 0 aliphatic carbocycles. The molecule has 8 N–H and O–H groups in total. The average molecular weight is 1210 g/mol. The van der Waals surface area contributed by atoms with Crippen molar-refractivity contribution in [1.82, 2.24) is 40.2 Å². The van der Waals surface area contributed by atoms with Crippen molar-refractivity contribution in [2.75, 3.05) is 101 Å². The molecule has 3 aromatic carbocycles. The summed E-state index contributed by atoms with van der Waals surface area (Å²) in [5.74, 6) is -1.30. The molecule has 2 aromatic heterocycles. The minimum absolute atomic E-state index is 0.0222. The number of nitrogens with one attached hydrogen (secondary N) is 4. The van der Waals surface area contributed by atoms with Crippen molar-refractivity contribution >= 4 is 35.0 Å². The molecule has 4 atom stereocenters. The van der Waals surface area contributed by atoms with E-state index < -0.39 is 22.6 Å². The lowest BCUT2D eigenvalue weighted by atomic mass is 9.80. The Labute approximate surface area is 514 Å². The molecule has 4 amide bonds. The highest BCUT2D eigenvalue weighted by atomic mass is 19.1. The van der Waals surface area contributed by atoms with Crippen LogP contribution in [0.25, 0.3) is 0 Å². The maximum Gasteiger partial charge on any atom is 0.251 e. The molecule has 11 rings (SSSR count). The lowest BCUT2D eigenvalue weighted by molar-refractivity contribution is -0.121. The van der Waals surface area contributed by atoms with Gasteiger partial charge in [0.15, 0.2) is 0 Å². The molecule has 8 heterocycles. The van der Waals surface area contributed by atoms with E-state index in [4.69, 9.17) is 11.5 Å². The van der Waals surface area contributed by atoms with Crippen molar-refractivity contribution in [2.45, 2.75) is 128 Å². The standard InChI is InChI=1S/C68H88F2N12O6/c1-41-33-79(37-59(83)81-39-67(3,4)61-57(81)29-47(65(87)75-61)25-43-7-11-49(69)12-8-43)51(31-73-41)35-77-21-17-45(18-22-77)27-55-53(63(71)85)15-16-54(64(72)86)56(55)28-46-19-23-78(24-20-46)36-52-32-74-42(2)34-80(52)38-60(84)82-40-68(5,6)62-58(82)30-48(66(88)76-62)26-44-9-13-50(70)14-10-44/h7-16,29-30,41-42,45-46,51-52,73-74H,17-28,31-40H2,1-6H3,(H2,71,85)(H2,72,86)(H,75,87)(H,76,88)/t41-,42-,51-,52-/m1/s1. The van der Waals surface area contributed by atoms with Crippen molar-refractivity contribution < 1.29 is 28.0 Å². The van der Waals surface area contributed by atoms with Gasteiger partial charge in [-0.15, -0.1) is 0 Å². The lowest BCUT2D eigenvalue weighted by Crippen LogP contribution is -2.61. The molecule has 20 heteroatoms. The number of amides is 4. The first-order valence-corrected chi connectivity index (χ1v) is 31.7. The van der Waals surface area contributed by atoms with Crippen molar-refractivity contribution in [3.63, 3.8) is 0 Å². The number of aromatic nitrogens is 2. The molecule has 18 nitrogen and oxygen atoms in total. The number of fused-ring (bicyclic) bond motifs is 2. The van der Waals surface area contributed by atoms with Crippen molar-refractivity contribution in [3.05, 3.63) is 161 Å². The molecule has 0 radical (unpaired) electrons. The third-order valence-corrected chi connectivity index (χ3v) is 19.9. The third-order valence-electron chi connectivity index (χ3n) is 19.9. The lowest BCUT2D eigenvalue weighted by Gasteiger charge is -2.43. The predicted molar refractivity (Wildman–Crippen MR) is 338 cm³/mol. The number of hydrogen-bond donors (Lipinski definition) is 6. The van der Waals surface area contributed by atoms with E-state index in [2.05, 4.69) is 54.0 Å². The summed E-state index contributed by atoms with van der Waals surface area (Å²) in [7, 11) is 0. The summed E-state index contributed by atoms with van der Waals surface area (Å²) in [5, 5.41) is 7.31. The molecule has 88 heavy (non-hydrogen) atoms. The summed E-state index contributed by atoms with van der Waals surface area (Å²) in [6.07, 6.45) is 5.36. The average Bonchev–Trinajstić information content (AvgIpc) is 1.93. The topological polar surface area (TPSA) is 230 Å². The normalized spacial score (nSPS) is 22.9. The number of piperazine rings is 2. The zero-order chi connectivity index (χ0) is 62.3. The van der Waals surface area contributed by atoms with E-state index in [1.165, 1.54) is 24.3 Å². The van der Waals surface area contributed by atoms with E-state index >= 15 is 0 Å². The Morgan fingerprint density at radius 3 is 1.27 bits per heavy atom. The van der Waals surface area contributed by atoms with E-state index in [9.17, 15) is 37.5 Å². The van der Waals surface area contributed by atoms with Gasteiger partial charge in [-0.3, -0.25) is 38.6 Å². The number of nitrogens with zero attached hydrogens (tertiary/aromatic N) is 6. The highest BCUT2D eigenvalue weighted by Gasteiger charge is 2.43. The summed E-state index contributed by atoms with van der Waals surface area (Å²) in [6.45, 7) is 21.5. The van der Waals surface area contributed by atoms with Gasteiger partial charge >= 0.3 is 0 Å². The third kappa shape index (κ3) is 13.9. The van der Waals surface area contributed by atoms with Crippen molar-refractivity contribution in [3.8, 4) is 0 Å². The van der Waals surface area contributed by atoms with E-state index in [-0.39, 0.29) is 83.7 Å². The van der Waals surface area contributed by atoms with Gasteiger partial charge in [-0.25, -0.2) is 8.78 Å². The summed E-state index contributed by atoms with van der Waals surface area (Å²) in [6, 6.07) is 19.8. The summed E-state index contributed by atoms with van der Waals surface area (Å²) < 4.78 is 27.4. The molecule has 6 aliphatic heterocycles. The Hall–Kier alpha value is -6.94. The molecule has 4 fully saturated rings. The number of H-pyrrole nitrogens is 2. The zero-order valence-corrected chi connectivity index (χ0v) is 52.0. The van der Waals surface area contributed by atoms with Crippen LogP contribution in [0.5, 0.6) is 0 Å². The Morgan fingerprint density at radius 1 is 0.557 bits per heavy atom. The fourth-order valence-corrected chi connectivity index (χ4v) is 14.9. The number of aromatic amines is 2. The number of hydrogen-bond acceptors (Lipinski definition) is 12. The molecule has 0 spiro atoms. The number of pyridine rings is 2. The van der Waals surface area contributed by atoms with Gasteiger partial charge in [0, 0.05) is 134 Å². The SMILES string of the molecule is C[C@@H]1CN(CC(=O)N2CC(C)(C)c3[nH]c(=O)c(Cc4ccc(F)cc4)cc32)[C@@H](CN2CCC(Cc3c(C(N)=O)ccc(C(N)=O)c3CC3CCN(C[C@H]4CN[C@H](C)CN4CC(=O)N4CC(C)(C)c5[nH]c(=O)c(Cc6ccc(F)cc6)cc54)CC3)CC2)CN1. The maximum atomic E-state index is 14.5. The first-order chi connectivity index (χ1) is 41.9. The number of primary amides is 2. The van der Waals surface area contributed by atoms with Crippen LogP contribution in [0.2, 0.25) is 0 Å². The zero-order valence-electron chi connectivity index (χ0n) is 52.0. The first kappa shape index (κ1) is 62.7. The van der Waals surface area contributed by atoms with Gasteiger partial charge in [-0.2, -0.15) is 0 Å². The second-order valence-electron chi connectivity index (χ2n) is 27.6. The Morgan fingerprint density at radius 2 is 0.920 bits per heavy atom. The van der Waals surface area contributed by atoms with E-state index in [0.717, 1.165) is 123 Å². The monoisotopic (exact) mass is 1210 g/mol. The highest BCUT2D eigenvalue weighted by molar-refractivity contribution is 6.00. The predicted octanol–water partition coefficient (Wildman–Crippen LogP) is 5.20. The van der Waals surface area contributed by atoms with Gasteiger partial charge in [0.25, 0.3) is 11.1 Å². The van der Waals surface area contributed by atoms with Gasteiger partial charge < -0.3 is 51.7 Å². The first-order valence-electron chi connectivity index (χ1n) is 31.7. The number of nitrogens with two attached hydrogens (primary N) is 2. The Kier molecular flexibility index (Phi) is 18.4. The fraction of sp³-hybridized carbons (Fsp3) is 0.529. The van der Waals surface area contributed by atoms with Crippen molar-refractivity contribution in [1.29, 1.82) is 0 Å². The van der Waals surface area contributed by atoms with Gasteiger partial charge in [-0.05, 0) is 161 Å². The molecule has 6 aliphatic rings. The largest absolute Gasteiger partial charge is 0.366 e. The summed E-state index contributed by atoms with van der Waals surface area (Å²) in [5.41, 5.74) is 19.0. The summed E-state index contributed by atoms with van der Waals surface area (Å²) in [4.78, 5) is 102. The number of rotatable bonds is 18. The highest BCUT2D eigenvalue weighted by Crippen LogP contribution is 2.41. The molecule has 0 saturated carbocycles. The van der Waals surface area contributed by atoms with Crippen LogP contribution < -0.4 is 43.0 Å². The van der Waals surface area contributed by atoms with E-state index in [1.54, 1.807) is 36.4 Å². The van der Waals surface area contributed by atoms with Gasteiger partial charge in [-0.1, -0.05) is 52.0 Å². The van der Waals surface area contributed by atoms with Crippen LogP contribution in [0, 0.1) is 23.5 Å². The van der Waals surface area contributed by atoms with Crippen LogP contribution in [0.1, 0.15) is 133 Å².